The zero-order valence-corrected chi connectivity index (χ0v) is 12.7. The number of nitrogens with one attached hydrogen (secondary N) is 1. The Morgan fingerprint density at radius 3 is 2.63 bits per heavy atom. The van der Waals surface area contributed by atoms with Gasteiger partial charge in [0.15, 0.2) is 0 Å². The maximum atomic E-state index is 11.9. The second kappa shape index (κ2) is 6.34. The van der Waals surface area contributed by atoms with E-state index in [1.165, 1.54) is 0 Å². The van der Waals surface area contributed by atoms with Crippen LogP contribution in [0.25, 0.3) is 0 Å². The molecule has 1 saturated heterocycles. The van der Waals surface area contributed by atoms with Crippen LogP contribution in [-0.2, 0) is 6.54 Å². The number of aryl methyl sites for hydroxylation is 1. The lowest BCUT2D eigenvalue weighted by Gasteiger charge is -2.34. The topological polar surface area (TPSA) is 48.5 Å². The maximum absolute atomic E-state index is 11.9. The lowest BCUT2D eigenvalue weighted by Crippen LogP contribution is -2.52. The Morgan fingerprint density at radius 2 is 2.11 bits per heavy atom. The molecular formula is C13H22N4OS. The van der Waals surface area contributed by atoms with E-state index in [1.807, 2.05) is 25.7 Å². The molecule has 1 aromatic heterocycles. The summed E-state index contributed by atoms with van der Waals surface area (Å²) in [6, 6.07) is 0.252. The highest BCUT2D eigenvalue weighted by Crippen LogP contribution is 2.12. The Labute approximate surface area is 118 Å². The molecule has 1 aliphatic rings. The van der Waals surface area contributed by atoms with Crippen molar-refractivity contribution in [3.05, 3.63) is 16.1 Å². The molecule has 0 bridgehead atoms. The molecule has 1 N–H and O–H groups in total. The monoisotopic (exact) mass is 282 g/mol. The number of hydrogen-bond donors (Lipinski definition) is 1. The van der Waals surface area contributed by atoms with E-state index in [0.29, 0.717) is 0 Å². The SMILES string of the molecule is Cc1nc(CN2CCN(C(=O)NC(C)C)CC2)cs1. The zero-order valence-electron chi connectivity index (χ0n) is 11.8. The van der Waals surface area contributed by atoms with Crippen LogP contribution >= 0.6 is 11.3 Å². The standard InChI is InChI=1S/C13H22N4OS/c1-10(2)14-13(18)17-6-4-16(5-7-17)8-12-9-19-11(3)15-12/h9-10H,4-8H2,1-3H3,(H,14,18). The van der Waals surface area contributed by atoms with E-state index in [0.717, 1.165) is 43.4 Å². The van der Waals surface area contributed by atoms with Crippen LogP contribution < -0.4 is 5.32 Å². The minimum atomic E-state index is 0.0548. The molecule has 0 spiro atoms. The molecule has 0 radical (unpaired) electrons. The first-order chi connectivity index (χ1) is 9.04. The number of nitrogens with zero attached hydrogens (tertiary/aromatic N) is 3. The van der Waals surface area contributed by atoms with Crippen molar-refractivity contribution < 1.29 is 4.79 Å². The van der Waals surface area contributed by atoms with Crippen molar-refractivity contribution in [2.45, 2.75) is 33.4 Å². The summed E-state index contributed by atoms with van der Waals surface area (Å²) < 4.78 is 0. The first kappa shape index (κ1) is 14.3. The van der Waals surface area contributed by atoms with Gasteiger partial charge in [-0.25, -0.2) is 9.78 Å². The minimum absolute atomic E-state index is 0.0548. The molecule has 0 atom stereocenters. The Hall–Kier alpha value is -1.14. The largest absolute Gasteiger partial charge is 0.336 e. The van der Waals surface area contributed by atoms with E-state index >= 15 is 0 Å². The smallest absolute Gasteiger partial charge is 0.317 e. The Kier molecular flexibility index (Phi) is 4.76. The van der Waals surface area contributed by atoms with Gasteiger partial charge < -0.3 is 10.2 Å². The van der Waals surface area contributed by atoms with Crippen LogP contribution in [0, 0.1) is 6.92 Å². The van der Waals surface area contributed by atoms with Gasteiger partial charge in [0.2, 0.25) is 0 Å². The summed E-state index contributed by atoms with van der Waals surface area (Å²) >= 11 is 1.69. The summed E-state index contributed by atoms with van der Waals surface area (Å²) in [7, 11) is 0. The first-order valence-corrected chi connectivity index (χ1v) is 7.61. The predicted molar refractivity (Wildman–Crippen MR) is 77.4 cm³/mol. The molecule has 0 saturated carbocycles. The third kappa shape index (κ3) is 4.18. The molecule has 2 amide bonds. The van der Waals surface area contributed by atoms with E-state index in [4.69, 9.17) is 0 Å². The van der Waals surface area contributed by atoms with Crippen molar-refractivity contribution in [3.8, 4) is 0 Å². The third-order valence-corrected chi connectivity index (χ3v) is 3.95. The van der Waals surface area contributed by atoms with Crippen LogP contribution in [0.15, 0.2) is 5.38 Å². The van der Waals surface area contributed by atoms with Crippen molar-refractivity contribution in [2.75, 3.05) is 26.2 Å². The molecule has 0 unspecified atom stereocenters. The van der Waals surface area contributed by atoms with Crippen LogP contribution in [-0.4, -0.2) is 53.0 Å². The molecule has 19 heavy (non-hydrogen) atoms. The van der Waals surface area contributed by atoms with Gasteiger partial charge in [-0.15, -0.1) is 11.3 Å². The van der Waals surface area contributed by atoms with Gasteiger partial charge in [0.05, 0.1) is 10.7 Å². The molecule has 5 nitrogen and oxygen atoms in total. The molecule has 1 fully saturated rings. The second-order valence-electron chi connectivity index (χ2n) is 5.23. The summed E-state index contributed by atoms with van der Waals surface area (Å²) in [6.45, 7) is 10.3. The summed E-state index contributed by atoms with van der Waals surface area (Å²) in [5.74, 6) is 0. The Balaban J connectivity index is 1.77. The molecule has 106 valence electrons. The van der Waals surface area contributed by atoms with Gasteiger partial charge in [0, 0.05) is 44.1 Å². The molecule has 1 aromatic rings. The molecular weight excluding hydrogens is 260 g/mol. The summed E-state index contributed by atoms with van der Waals surface area (Å²) in [5.41, 5.74) is 1.14. The van der Waals surface area contributed by atoms with Crippen molar-refractivity contribution in [1.82, 2.24) is 20.1 Å². The van der Waals surface area contributed by atoms with Crippen LogP contribution in [0.2, 0.25) is 0 Å². The fourth-order valence-corrected chi connectivity index (χ4v) is 2.76. The highest BCUT2D eigenvalue weighted by molar-refractivity contribution is 7.09. The number of carbonyl (C=O) groups excluding carboxylic acids is 1. The van der Waals surface area contributed by atoms with Crippen molar-refractivity contribution in [2.24, 2.45) is 0 Å². The van der Waals surface area contributed by atoms with Gasteiger partial charge in [0.25, 0.3) is 0 Å². The number of urea groups is 1. The van der Waals surface area contributed by atoms with E-state index in [1.54, 1.807) is 11.3 Å². The summed E-state index contributed by atoms with van der Waals surface area (Å²) in [4.78, 5) is 20.6. The quantitative estimate of drug-likeness (QED) is 0.918. The summed E-state index contributed by atoms with van der Waals surface area (Å²) in [6.07, 6.45) is 0. The second-order valence-corrected chi connectivity index (χ2v) is 6.29. The maximum Gasteiger partial charge on any atom is 0.317 e. The number of hydrogen-bond acceptors (Lipinski definition) is 4. The van der Waals surface area contributed by atoms with E-state index in [2.05, 4.69) is 20.6 Å². The Bertz CT molecular complexity index is 424. The number of rotatable bonds is 3. The zero-order chi connectivity index (χ0) is 13.8. The van der Waals surface area contributed by atoms with Gasteiger partial charge in [-0.1, -0.05) is 0 Å². The molecule has 2 heterocycles. The number of carbonyl (C=O) groups is 1. The highest BCUT2D eigenvalue weighted by Gasteiger charge is 2.21. The normalized spacial score (nSPS) is 16.9. The predicted octanol–water partition coefficient (Wildman–Crippen LogP) is 1.69. The van der Waals surface area contributed by atoms with Crippen molar-refractivity contribution >= 4 is 17.4 Å². The Morgan fingerprint density at radius 1 is 1.42 bits per heavy atom. The fourth-order valence-electron chi connectivity index (χ4n) is 2.16. The van der Waals surface area contributed by atoms with Crippen LogP contribution in [0.1, 0.15) is 24.5 Å². The van der Waals surface area contributed by atoms with Crippen LogP contribution in [0.3, 0.4) is 0 Å². The van der Waals surface area contributed by atoms with Gasteiger partial charge in [-0.3, -0.25) is 4.90 Å². The number of piperazine rings is 1. The minimum Gasteiger partial charge on any atom is -0.336 e. The first-order valence-electron chi connectivity index (χ1n) is 6.73. The highest BCUT2D eigenvalue weighted by atomic mass is 32.1. The number of thiazole rings is 1. The molecule has 0 aliphatic carbocycles. The lowest BCUT2D eigenvalue weighted by atomic mass is 10.3. The molecule has 6 heteroatoms. The van der Waals surface area contributed by atoms with Crippen LogP contribution in [0.5, 0.6) is 0 Å². The van der Waals surface area contributed by atoms with Crippen molar-refractivity contribution in [3.63, 3.8) is 0 Å². The molecule has 1 aliphatic heterocycles. The molecule has 0 aromatic carbocycles. The molecule has 2 rings (SSSR count). The third-order valence-electron chi connectivity index (χ3n) is 3.12. The van der Waals surface area contributed by atoms with Crippen molar-refractivity contribution in [1.29, 1.82) is 0 Å². The van der Waals surface area contributed by atoms with Gasteiger partial charge >= 0.3 is 6.03 Å². The van der Waals surface area contributed by atoms with Gasteiger partial charge in [-0.05, 0) is 20.8 Å². The number of amides is 2. The van der Waals surface area contributed by atoms with E-state index in [9.17, 15) is 4.79 Å². The van der Waals surface area contributed by atoms with Gasteiger partial charge in [-0.2, -0.15) is 0 Å². The van der Waals surface area contributed by atoms with Crippen LogP contribution in [0.4, 0.5) is 4.79 Å². The van der Waals surface area contributed by atoms with E-state index < -0.39 is 0 Å². The average molecular weight is 282 g/mol. The number of aromatic nitrogens is 1. The fraction of sp³-hybridized carbons (Fsp3) is 0.692. The van der Waals surface area contributed by atoms with Gasteiger partial charge in [0.1, 0.15) is 0 Å². The van der Waals surface area contributed by atoms with E-state index in [-0.39, 0.29) is 12.1 Å². The lowest BCUT2D eigenvalue weighted by molar-refractivity contribution is 0.133. The average Bonchev–Trinajstić information content (AvgIpc) is 2.75. The summed E-state index contributed by atoms with van der Waals surface area (Å²) in [5, 5.41) is 6.17.